The zero-order valence-corrected chi connectivity index (χ0v) is 15.5. The topological polar surface area (TPSA) is 85.4 Å². The average Bonchev–Trinajstić information content (AvgIpc) is 3.10. The average molecular weight is 398 g/mol. The van der Waals surface area contributed by atoms with Crippen LogP contribution in [0.4, 0.5) is 24.4 Å². The lowest BCUT2D eigenvalue weighted by Gasteiger charge is -2.18. The fraction of sp³-hybridized carbons (Fsp3) is 0.471. The Hall–Kier alpha value is -2.49. The van der Waals surface area contributed by atoms with E-state index in [2.05, 4.69) is 25.6 Å². The Bertz CT molecular complexity index is 781. The predicted octanol–water partition coefficient (Wildman–Crippen LogP) is 4.84. The van der Waals surface area contributed by atoms with Gasteiger partial charge in [0.2, 0.25) is 5.13 Å². The highest BCUT2D eigenvalue weighted by molar-refractivity contribution is 7.15. The number of halogens is 2. The van der Waals surface area contributed by atoms with Crippen LogP contribution in [0.2, 0.25) is 0 Å². The van der Waals surface area contributed by atoms with Crippen LogP contribution >= 0.6 is 11.3 Å². The summed E-state index contributed by atoms with van der Waals surface area (Å²) in [5.41, 5.74) is 0.279. The van der Waals surface area contributed by atoms with E-state index in [1.807, 2.05) is 0 Å². The molecule has 1 fully saturated rings. The van der Waals surface area contributed by atoms with Crippen molar-refractivity contribution in [1.29, 1.82) is 0 Å². The SMILES string of the molecule is COc1ccc(NC(=O)Nc2nnc(C3CCCCC3)s2)cc1OC(F)F. The first kappa shape index (κ1) is 19.3. The van der Waals surface area contributed by atoms with E-state index in [1.54, 1.807) is 0 Å². The van der Waals surface area contributed by atoms with Crippen molar-refractivity contribution in [1.82, 2.24) is 10.2 Å². The molecule has 2 aromatic rings. The van der Waals surface area contributed by atoms with E-state index in [1.165, 1.54) is 55.9 Å². The molecule has 1 aromatic carbocycles. The van der Waals surface area contributed by atoms with E-state index in [-0.39, 0.29) is 17.2 Å². The maximum atomic E-state index is 12.5. The molecule has 0 saturated heterocycles. The molecular weight excluding hydrogens is 378 g/mol. The highest BCUT2D eigenvalue weighted by Crippen LogP contribution is 2.35. The third kappa shape index (κ3) is 5.25. The van der Waals surface area contributed by atoms with Gasteiger partial charge in [-0.2, -0.15) is 8.78 Å². The van der Waals surface area contributed by atoms with Crippen molar-refractivity contribution >= 4 is 28.2 Å². The number of hydrogen-bond acceptors (Lipinski definition) is 6. The van der Waals surface area contributed by atoms with Gasteiger partial charge in [0, 0.05) is 17.7 Å². The van der Waals surface area contributed by atoms with E-state index in [0.29, 0.717) is 11.0 Å². The van der Waals surface area contributed by atoms with Gasteiger partial charge < -0.3 is 14.8 Å². The number of alkyl halides is 2. The number of nitrogens with zero attached hydrogens (tertiary/aromatic N) is 2. The molecule has 0 spiro atoms. The fourth-order valence-electron chi connectivity index (χ4n) is 3.00. The molecule has 146 valence electrons. The maximum Gasteiger partial charge on any atom is 0.387 e. The van der Waals surface area contributed by atoms with E-state index in [9.17, 15) is 13.6 Å². The smallest absolute Gasteiger partial charge is 0.387 e. The normalized spacial score (nSPS) is 14.8. The predicted molar refractivity (Wildman–Crippen MR) is 98.0 cm³/mol. The number of urea groups is 1. The van der Waals surface area contributed by atoms with Crippen molar-refractivity contribution in [3.63, 3.8) is 0 Å². The number of carbonyl (C=O) groups excluding carboxylic acids is 1. The number of amides is 2. The summed E-state index contributed by atoms with van der Waals surface area (Å²) in [5, 5.41) is 14.7. The summed E-state index contributed by atoms with van der Waals surface area (Å²) in [6, 6.07) is 3.66. The molecule has 1 aromatic heterocycles. The van der Waals surface area contributed by atoms with Crippen molar-refractivity contribution in [2.45, 2.75) is 44.6 Å². The van der Waals surface area contributed by atoms with Gasteiger partial charge in [0.15, 0.2) is 11.5 Å². The molecule has 1 aliphatic carbocycles. The minimum atomic E-state index is -3.00. The van der Waals surface area contributed by atoms with Crippen LogP contribution in [0.25, 0.3) is 0 Å². The quantitative estimate of drug-likeness (QED) is 0.727. The molecule has 0 atom stereocenters. The minimum Gasteiger partial charge on any atom is -0.493 e. The zero-order chi connectivity index (χ0) is 19.2. The molecule has 1 heterocycles. The lowest BCUT2D eigenvalue weighted by atomic mass is 9.90. The number of benzene rings is 1. The summed E-state index contributed by atoms with van der Waals surface area (Å²) in [4.78, 5) is 12.2. The van der Waals surface area contributed by atoms with Crippen molar-refractivity contribution < 1.29 is 23.0 Å². The number of rotatable bonds is 6. The van der Waals surface area contributed by atoms with Crippen molar-refractivity contribution in [2.24, 2.45) is 0 Å². The van der Waals surface area contributed by atoms with Crippen LogP contribution in [0.15, 0.2) is 18.2 Å². The first-order chi connectivity index (χ1) is 13.0. The number of anilines is 2. The number of hydrogen-bond donors (Lipinski definition) is 2. The van der Waals surface area contributed by atoms with Gasteiger partial charge in [0.25, 0.3) is 0 Å². The summed E-state index contributed by atoms with van der Waals surface area (Å²) in [6.45, 7) is -3.00. The van der Waals surface area contributed by atoms with E-state index in [0.717, 1.165) is 17.8 Å². The van der Waals surface area contributed by atoms with Gasteiger partial charge in [0.05, 0.1) is 7.11 Å². The van der Waals surface area contributed by atoms with Gasteiger partial charge >= 0.3 is 12.6 Å². The number of aromatic nitrogens is 2. The van der Waals surface area contributed by atoms with Crippen LogP contribution in [0, 0.1) is 0 Å². The number of ether oxygens (including phenoxy) is 2. The molecule has 0 aliphatic heterocycles. The van der Waals surface area contributed by atoms with Gasteiger partial charge in [0.1, 0.15) is 5.01 Å². The molecule has 2 amide bonds. The summed E-state index contributed by atoms with van der Waals surface area (Å²) in [5.74, 6) is 0.383. The third-order valence-electron chi connectivity index (χ3n) is 4.25. The van der Waals surface area contributed by atoms with Crippen LogP contribution < -0.4 is 20.1 Å². The first-order valence-electron chi connectivity index (χ1n) is 8.59. The summed E-state index contributed by atoms with van der Waals surface area (Å²) < 4.78 is 34.3. The molecule has 3 rings (SSSR count). The Labute approximate surface area is 159 Å². The van der Waals surface area contributed by atoms with Gasteiger partial charge in [-0.1, -0.05) is 30.6 Å². The molecule has 10 heteroatoms. The van der Waals surface area contributed by atoms with E-state index < -0.39 is 12.6 Å². The largest absolute Gasteiger partial charge is 0.493 e. The zero-order valence-electron chi connectivity index (χ0n) is 14.7. The van der Waals surface area contributed by atoms with Crippen molar-refractivity contribution in [3.8, 4) is 11.5 Å². The summed E-state index contributed by atoms with van der Waals surface area (Å²) in [6.07, 6.45) is 5.82. The van der Waals surface area contributed by atoms with Gasteiger partial charge in [-0.05, 0) is 25.0 Å². The van der Waals surface area contributed by atoms with Crippen LogP contribution in [-0.2, 0) is 0 Å². The van der Waals surface area contributed by atoms with Gasteiger partial charge in [-0.3, -0.25) is 5.32 Å². The van der Waals surface area contributed by atoms with Crippen molar-refractivity contribution in [2.75, 3.05) is 17.7 Å². The summed E-state index contributed by atoms with van der Waals surface area (Å²) >= 11 is 1.36. The maximum absolute atomic E-state index is 12.5. The molecule has 0 unspecified atom stereocenters. The number of methoxy groups -OCH3 is 1. The second kappa shape index (κ2) is 8.94. The van der Waals surface area contributed by atoms with E-state index >= 15 is 0 Å². The first-order valence-corrected chi connectivity index (χ1v) is 9.41. The highest BCUT2D eigenvalue weighted by Gasteiger charge is 2.20. The van der Waals surface area contributed by atoms with Crippen molar-refractivity contribution in [3.05, 3.63) is 23.2 Å². The molecule has 2 N–H and O–H groups in total. The monoisotopic (exact) mass is 398 g/mol. The van der Waals surface area contributed by atoms with E-state index in [4.69, 9.17) is 4.74 Å². The molecule has 0 radical (unpaired) electrons. The Balaban J connectivity index is 1.61. The Morgan fingerprint density at radius 1 is 1.19 bits per heavy atom. The van der Waals surface area contributed by atoms with Crippen LogP contribution in [0.5, 0.6) is 11.5 Å². The Morgan fingerprint density at radius 3 is 2.67 bits per heavy atom. The molecular formula is C17H20F2N4O3S. The lowest BCUT2D eigenvalue weighted by Crippen LogP contribution is -2.19. The molecule has 27 heavy (non-hydrogen) atoms. The third-order valence-corrected chi connectivity index (χ3v) is 5.25. The molecule has 1 aliphatic rings. The standard InChI is InChI=1S/C17H20F2N4O3S/c1-25-12-8-7-11(9-13(12)26-15(18)19)20-16(24)21-17-23-22-14(27-17)10-5-3-2-4-6-10/h7-10,15H,2-6H2,1H3,(H2,20,21,23,24). The van der Waals surface area contributed by atoms with Crippen LogP contribution in [0.1, 0.15) is 43.0 Å². The highest BCUT2D eigenvalue weighted by atomic mass is 32.1. The fourth-order valence-corrected chi connectivity index (χ4v) is 3.91. The molecule has 7 nitrogen and oxygen atoms in total. The number of carbonyl (C=O) groups is 1. The number of nitrogens with one attached hydrogen (secondary N) is 2. The van der Waals surface area contributed by atoms with Gasteiger partial charge in [-0.15, -0.1) is 10.2 Å². The van der Waals surface area contributed by atoms with Crippen LogP contribution in [-0.4, -0.2) is 29.9 Å². The molecule has 0 bridgehead atoms. The minimum absolute atomic E-state index is 0.141. The Morgan fingerprint density at radius 2 is 1.96 bits per heavy atom. The molecule has 1 saturated carbocycles. The Kier molecular flexibility index (Phi) is 6.38. The second-order valence-electron chi connectivity index (χ2n) is 6.10. The lowest BCUT2D eigenvalue weighted by molar-refractivity contribution is -0.0511. The summed E-state index contributed by atoms with van der Waals surface area (Å²) in [7, 11) is 1.34. The van der Waals surface area contributed by atoms with Crippen LogP contribution in [0.3, 0.4) is 0 Å². The second-order valence-corrected chi connectivity index (χ2v) is 7.11. The van der Waals surface area contributed by atoms with Gasteiger partial charge in [-0.25, -0.2) is 4.79 Å².